The molecular formula is C21H20NOP. The molecule has 24 heavy (non-hydrogen) atoms. The molecule has 0 radical (unpaired) electrons. The molecule has 2 nitrogen and oxygen atoms in total. The lowest BCUT2D eigenvalue weighted by atomic mass is 10.1. The molecule has 0 saturated carbocycles. The van der Waals surface area contributed by atoms with E-state index in [1.54, 1.807) is 0 Å². The van der Waals surface area contributed by atoms with Crippen molar-refractivity contribution in [2.24, 2.45) is 4.76 Å². The van der Waals surface area contributed by atoms with Crippen LogP contribution >= 0.6 is 7.29 Å². The standard InChI is InChI=1S/C21H20NOP/c1-18(17-19-11-5-2-6-12-19)22-24(23,20-13-7-3-8-14-20)21-15-9-4-10-16-21/h2-16H,17H2,1H3/b22-18-. The van der Waals surface area contributed by atoms with Gasteiger partial charge in [0, 0.05) is 22.7 Å². The predicted octanol–water partition coefficient (Wildman–Crippen LogP) is 4.62. The lowest BCUT2D eigenvalue weighted by Gasteiger charge is -2.16. The van der Waals surface area contributed by atoms with Gasteiger partial charge in [0.1, 0.15) is 0 Å². The minimum atomic E-state index is -3.03. The first-order chi connectivity index (χ1) is 11.7. The number of nitrogens with zero attached hydrogens (tertiary/aromatic N) is 1. The SMILES string of the molecule is C/C(Cc1ccccc1)=N/P(=O)(c1ccccc1)c1ccccc1. The molecule has 3 rings (SSSR count). The second-order valence-electron chi connectivity index (χ2n) is 5.74. The first kappa shape index (κ1) is 16.4. The van der Waals surface area contributed by atoms with Crippen LogP contribution in [-0.2, 0) is 11.0 Å². The van der Waals surface area contributed by atoms with E-state index in [0.29, 0.717) is 6.42 Å². The highest BCUT2D eigenvalue weighted by Crippen LogP contribution is 2.45. The van der Waals surface area contributed by atoms with E-state index in [2.05, 4.69) is 12.1 Å². The van der Waals surface area contributed by atoms with Crippen molar-refractivity contribution in [2.45, 2.75) is 13.3 Å². The molecule has 0 aliphatic carbocycles. The van der Waals surface area contributed by atoms with Crippen LogP contribution < -0.4 is 10.6 Å². The van der Waals surface area contributed by atoms with Crippen LogP contribution in [0.15, 0.2) is 95.8 Å². The van der Waals surface area contributed by atoms with Crippen molar-refractivity contribution in [1.82, 2.24) is 0 Å². The Morgan fingerprint density at radius 2 is 1.17 bits per heavy atom. The number of hydrogen-bond acceptors (Lipinski definition) is 1. The average Bonchev–Trinajstić information content (AvgIpc) is 2.64. The first-order valence-corrected chi connectivity index (χ1v) is 9.65. The van der Waals surface area contributed by atoms with Crippen LogP contribution in [0, 0.1) is 0 Å². The molecular weight excluding hydrogens is 313 g/mol. The zero-order chi connectivity index (χ0) is 16.8. The summed E-state index contributed by atoms with van der Waals surface area (Å²) in [5.41, 5.74) is 2.05. The van der Waals surface area contributed by atoms with E-state index in [4.69, 9.17) is 4.76 Å². The molecule has 0 aromatic heterocycles. The van der Waals surface area contributed by atoms with E-state index in [1.807, 2.05) is 85.8 Å². The van der Waals surface area contributed by atoms with E-state index in [1.165, 1.54) is 5.56 Å². The number of hydrogen-bond donors (Lipinski definition) is 0. The van der Waals surface area contributed by atoms with E-state index >= 15 is 0 Å². The van der Waals surface area contributed by atoms with Crippen molar-refractivity contribution in [3.63, 3.8) is 0 Å². The van der Waals surface area contributed by atoms with E-state index in [9.17, 15) is 4.57 Å². The molecule has 0 heterocycles. The molecule has 0 unspecified atom stereocenters. The molecule has 0 N–H and O–H groups in total. The van der Waals surface area contributed by atoms with Crippen LogP contribution in [0.4, 0.5) is 0 Å². The van der Waals surface area contributed by atoms with Gasteiger partial charge in [0.2, 0.25) is 7.29 Å². The Balaban J connectivity index is 2.03. The van der Waals surface area contributed by atoms with Crippen LogP contribution in [0.5, 0.6) is 0 Å². The number of benzene rings is 3. The first-order valence-electron chi connectivity index (χ1n) is 7.99. The Kier molecular flexibility index (Phi) is 5.08. The smallest absolute Gasteiger partial charge is 0.247 e. The van der Waals surface area contributed by atoms with Crippen LogP contribution in [0.3, 0.4) is 0 Å². The lowest BCUT2D eigenvalue weighted by molar-refractivity contribution is 0.588. The van der Waals surface area contributed by atoms with Crippen molar-refractivity contribution in [3.05, 3.63) is 96.6 Å². The molecule has 0 saturated heterocycles. The third kappa shape index (κ3) is 3.72. The zero-order valence-corrected chi connectivity index (χ0v) is 14.6. The van der Waals surface area contributed by atoms with Crippen LogP contribution in [0.1, 0.15) is 12.5 Å². The highest BCUT2D eigenvalue weighted by molar-refractivity contribution is 7.77. The summed E-state index contributed by atoms with van der Waals surface area (Å²) in [6.45, 7) is 1.95. The summed E-state index contributed by atoms with van der Waals surface area (Å²) in [5, 5.41) is 1.53. The lowest BCUT2D eigenvalue weighted by Crippen LogP contribution is -2.15. The molecule has 3 aromatic carbocycles. The van der Waals surface area contributed by atoms with Gasteiger partial charge in [0.05, 0.1) is 0 Å². The molecule has 0 amide bonds. The summed E-state index contributed by atoms with van der Waals surface area (Å²) < 4.78 is 18.5. The minimum absolute atomic E-state index is 0.699. The van der Waals surface area contributed by atoms with Gasteiger partial charge in [0.25, 0.3) is 0 Å². The molecule has 120 valence electrons. The summed E-state index contributed by atoms with van der Waals surface area (Å²) >= 11 is 0. The highest BCUT2D eigenvalue weighted by Gasteiger charge is 2.26. The average molecular weight is 333 g/mol. The van der Waals surface area contributed by atoms with Crippen LogP contribution in [0.2, 0.25) is 0 Å². The Bertz CT molecular complexity index is 815. The van der Waals surface area contributed by atoms with Gasteiger partial charge in [-0.15, -0.1) is 0 Å². The van der Waals surface area contributed by atoms with Gasteiger partial charge in [0.15, 0.2) is 0 Å². The molecule has 0 fully saturated rings. The van der Waals surface area contributed by atoms with Gasteiger partial charge in [-0.1, -0.05) is 66.7 Å². The van der Waals surface area contributed by atoms with Gasteiger partial charge < -0.3 is 0 Å². The summed E-state index contributed by atoms with van der Waals surface area (Å²) in [6.07, 6.45) is 0.699. The third-order valence-corrected chi connectivity index (χ3v) is 6.45. The monoisotopic (exact) mass is 333 g/mol. The predicted molar refractivity (Wildman–Crippen MR) is 103 cm³/mol. The van der Waals surface area contributed by atoms with Gasteiger partial charge in [-0.3, -0.25) is 4.57 Å². The quantitative estimate of drug-likeness (QED) is 0.495. The fourth-order valence-electron chi connectivity index (χ4n) is 2.69. The molecule has 0 spiro atoms. The maximum atomic E-state index is 13.8. The summed E-state index contributed by atoms with van der Waals surface area (Å²) in [7, 11) is -3.03. The second-order valence-corrected chi connectivity index (χ2v) is 8.13. The van der Waals surface area contributed by atoms with E-state index in [0.717, 1.165) is 16.3 Å². The van der Waals surface area contributed by atoms with Crippen molar-refractivity contribution in [1.29, 1.82) is 0 Å². The fourth-order valence-corrected chi connectivity index (χ4v) is 4.92. The van der Waals surface area contributed by atoms with Crippen molar-refractivity contribution >= 4 is 23.6 Å². The van der Waals surface area contributed by atoms with Gasteiger partial charge >= 0.3 is 0 Å². The summed E-state index contributed by atoms with van der Waals surface area (Å²) in [6, 6.07) is 29.2. The van der Waals surface area contributed by atoms with Gasteiger partial charge in [-0.05, 0) is 36.8 Å². The van der Waals surface area contributed by atoms with Crippen molar-refractivity contribution < 1.29 is 4.57 Å². The summed E-state index contributed by atoms with van der Waals surface area (Å²) in [5.74, 6) is 0. The highest BCUT2D eigenvalue weighted by atomic mass is 31.2. The third-order valence-electron chi connectivity index (χ3n) is 3.83. The Morgan fingerprint density at radius 1 is 0.750 bits per heavy atom. The van der Waals surface area contributed by atoms with Crippen LogP contribution in [0.25, 0.3) is 0 Å². The largest absolute Gasteiger partial charge is 0.288 e. The second kappa shape index (κ2) is 7.42. The van der Waals surface area contributed by atoms with Crippen molar-refractivity contribution in [2.75, 3.05) is 0 Å². The number of rotatable bonds is 5. The Hall–Kier alpha value is -2.44. The molecule has 0 aliphatic rings. The Labute approximate surface area is 143 Å². The molecule has 3 aromatic rings. The minimum Gasteiger partial charge on any atom is -0.288 e. The molecule has 0 bridgehead atoms. The topological polar surface area (TPSA) is 29.4 Å². The summed E-state index contributed by atoms with van der Waals surface area (Å²) in [4.78, 5) is 0. The normalized spacial score (nSPS) is 12.1. The van der Waals surface area contributed by atoms with Gasteiger partial charge in [-0.2, -0.15) is 0 Å². The fraction of sp³-hybridized carbons (Fsp3) is 0.0952. The molecule has 3 heteroatoms. The molecule has 0 aliphatic heterocycles. The molecule has 0 atom stereocenters. The Morgan fingerprint density at radius 3 is 1.62 bits per heavy atom. The van der Waals surface area contributed by atoms with E-state index in [-0.39, 0.29) is 0 Å². The van der Waals surface area contributed by atoms with E-state index < -0.39 is 7.29 Å². The maximum absolute atomic E-state index is 13.8. The van der Waals surface area contributed by atoms with Gasteiger partial charge in [-0.25, -0.2) is 4.76 Å². The maximum Gasteiger partial charge on any atom is 0.247 e. The zero-order valence-electron chi connectivity index (χ0n) is 13.7. The van der Waals surface area contributed by atoms with Crippen molar-refractivity contribution in [3.8, 4) is 0 Å². The van der Waals surface area contributed by atoms with Crippen LogP contribution in [-0.4, -0.2) is 5.71 Å².